The van der Waals surface area contributed by atoms with Crippen LogP contribution in [0.15, 0.2) is 17.0 Å². The van der Waals surface area contributed by atoms with Gasteiger partial charge in [-0.25, -0.2) is 0 Å². The Bertz CT molecular complexity index is 626. The van der Waals surface area contributed by atoms with Crippen molar-refractivity contribution < 1.29 is 15.0 Å². The maximum atomic E-state index is 10.6. The van der Waals surface area contributed by atoms with Gasteiger partial charge in [0.25, 0.3) is 5.97 Å². The van der Waals surface area contributed by atoms with E-state index >= 15 is 0 Å². The third-order valence-electron chi connectivity index (χ3n) is 5.50. The molecule has 0 aromatic heterocycles. The lowest BCUT2D eigenvalue weighted by Gasteiger charge is -2.31. The van der Waals surface area contributed by atoms with Gasteiger partial charge in [-0.05, 0) is 33.9 Å². The van der Waals surface area contributed by atoms with E-state index < -0.39 is 14.0 Å². The van der Waals surface area contributed by atoms with Gasteiger partial charge in [0.2, 0.25) is 0 Å². The first-order valence-electron chi connectivity index (χ1n) is 10.3. The monoisotopic (exact) mass is 426 g/mol. The van der Waals surface area contributed by atoms with Crippen molar-refractivity contribution in [3.05, 3.63) is 23.3 Å². The topological polar surface area (TPSA) is 57.5 Å². The molecule has 0 radical (unpaired) electrons. The van der Waals surface area contributed by atoms with Gasteiger partial charge in [0.15, 0.2) is 0 Å². The molecule has 0 atom stereocenters. The number of aliphatic carboxylic acids is 1. The zero-order chi connectivity index (χ0) is 22.3. The highest BCUT2D eigenvalue weighted by molar-refractivity contribution is 8.01. The first-order chi connectivity index (χ1) is 12.6. The molecule has 28 heavy (non-hydrogen) atoms. The molecule has 1 rings (SSSR count). The maximum Gasteiger partial charge on any atom is 0.300 e. The molecule has 0 aliphatic heterocycles. The van der Waals surface area contributed by atoms with Crippen LogP contribution in [0.4, 0.5) is 0 Å². The predicted molar refractivity (Wildman–Crippen MR) is 127 cm³/mol. The molecule has 0 saturated heterocycles. The summed E-state index contributed by atoms with van der Waals surface area (Å²) in [7, 11) is -1.16. The Balaban J connectivity index is 0.00000165. The number of carboxylic acids is 1. The van der Waals surface area contributed by atoms with Gasteiger partial charge in [-0.15, -0.1) is 11.8 Å². The first-order valence-corrected chi connectivity index (χ1v) is 14.1. The van der Waals surface area contributed by atoms with Crippen molar-refractivity contribution in [1.82, 2.24) is 0 Å². The molecule has 0 bridgehead atoms. The fourth-order valence-corrected chi connectivity index (χ4v) is 9.68. The summed E-state index contributed by atoms with van der Waals surface area (Å²) in [4.78, 5) is 10.4. The summed E-state index contributed by atoms with van der Waals surface area (Å²) in [5, 5.41) is 19.3. The van der Waals surface area contributed by atoms with E-state index in [1.54, 1.807) is 0 Å². The molecule has 0 heterocycles. The Kier molecular flexibility index (Phi) is 10.4. The molecule has 0 fully saturated rings. The molecule has 5 heteroatoms. The SMILES string of the molecule is CC(=O)O.CC[Si](CC)(CC)CSc1cc(C(C)(C)C)c(O)cc1C(C)(C)C. The molecule has 0 aliphatic carbocycles. The third kappa shape index (κ3) is 8.20. The standard InChI is InChI=1S/C21H38OSSi.C2H4O2/c1-10-24(11-2,12-3)15-23-19-14-16(20(4,5)6)18(22)13-17(19)21(7,8)9;1-2(3)4/h13-14,22H,10-12,15H2,1-9H3;1H3,(H,3,4). The lowest BCUT2D eigenvalue weighted by atomic mass is 9.81. The molecule has 0 saturated carbocycles. The van der Waals surface area contributed by atoms with Crippen LogP contribution >= 0.6 is 11.8 Å². The zero-order valence-corrected chi connectivity index (χ0v) is 21.5. The number of phenolic OH excluding ortho intramolecular Hbond substituents is 1. The van der Waals surface area contributed by atoms with E-state index in [0.717, 1.165) is 12.5 Å². The molecule has 2 N–H and O–H groups in total. The van der Waals surface area contributed by atoms with E-state index in [9.17, 15) is 5.11 Å². The third-order valence-corrected chi connectivity index (χ3v) is 13.7. The van der Waals surface area contributed by atoms with Crippen molar-refractivity contribution in [2.45, 2.75) is 103 Å². The molecule has 1 aromatic rings. The van der Waals surface area contributed by atoms with Crippen LogP contribution in [0.5, 0.6) is 5.75 Å². The van der Waals surface area contributed by atoms with Crippen LogP contribution in [0.2, 0.25) is 18.1 Å². The quantitative estimate of drug-likeness (QED) is 0.372. The first kappa shape index (κ1) is 27.1. The molecule has 3 nitrogen and oxygen atoms in total. The summed E-state index contributed by atoms with van der Waals surface area (Å²) in [5.41, 5.74) is 2.36. The van der Waals surface area contributed by atoms with Crippen molar-refractivity contribution in [1.29, 1.82) is 0 Å². The van der Waals surface area contributed by atoms with Crippen LogP contribution in [-0.2, 0) is 15.6 Å². The number of carbonyl (C=O) groups is 1. The average Bonchev–Trinajstić information content (AvgIpc) is 2.55. The lowest BCUT2D eigenvalue weighted by molar-refractivity contribution is -0.134. The Morgan fingerprint density at radius 3 is 1.64 bits per heavy atom. The largest absolute Gasteiger partial charge is 0.508 e. The predicted octanol–water partition coefficient (Wildman–Crippen LogP) is 7.22. The van der Waals surface area contributed by atoms with Gasteiger partial charge in [0.05, 0.1) is 8.07 Å². The van der Waals surface area contributed by atoms with Crippen LogP contribution in [0, 0.1) is 0 Å². The second-order valence-electron chi connectivity index (χ2n) is 9.73. The fraction of sp³-hybridized carbons (Fsp3) is 0.696. The van der Waals surface area contributed by atoms with Crippen LogP contribution in [0.1, 0.15) is 80.4 Å². The minimum atomic E-state index is -1.16. The minimum absolute atomic E-state index is 0.0371. The molecular formula is C23H42O3SSi. The summed E-state index contributed by atoms with van der Waals surface area (Å²) in [6, 6.07) is 8.38. The van der Waals surface area contributed by atoms with Crippen LogP contribution in [0.25, 0.3) is 0 Å². The summed E-state index contributed by atoms with van der Waals surface area (Å²) in [6.45, 7) is 21.5. The number of benzene rings is 1. The number of aromatic hydroxyl groups is 1. The van der Waals surface area contributed by atoms with Gasteiger partial charge in [-0.3, -0.25) is 4.79 Å². The fourth-order valence-electron chi connectivity index (χ4n) is 3.16. The highest BCUT2D eigenvalue weighted by Crippen LogP contribution is 2.42. The molecule has 0 unspecified atom stereocenters. The smallest absolute Gasteiger partial charge is 0.300 e. The van der Waals surface area contributed by atoms with Crippen LogP contribution < -0.4 is 0 Å². The van der Waals surface area contributed by atoms with Gasteiger partial charge >= 0.3 is 0 Å². The van der Waals surface area contributed by atoms with Crippen molar-refractivity contribution in [3.8, 4) is 5.75 Å². The number of phenols is 1. The minimum Gasteiger partial charge on any atom is -0.508 e. The van der Waals surface area contributed by atoms with Crippen molar-refractivity contribution in [2.24, 2.45) is 0 Å². The van der Waals surface area contributed by atoms with E-state index in [2.05, 4.69) is 68.4 Å². The van der Waals surface area contributed by atoms with E-state index in [4.69, 9.17) is 9.90 Å². The van der Waals surface area contributed by atoms with E-state index in [0.29, 0.717) is 5.75 Å². The highest BCUT2D eigenvalue weighted by Gasteiger charge is 2.29. The lowest BCUT2D eigenvalue weighted by Crippen LogP contribution is -2.35. The number of carboxylic acid groups (broad SMARTS) is 1. The van der Waals surface area contributed by atoms with E-state index in [1.165, 1.54) is 34.0 Å². The van der Waals surface area contributed by atoms with Crippen LogP contribution in [-0.4, -0.2) is 29.6 Å². The maximum absolute atomic E-state index is 10.6. The number of thioether (sulfide) groups is 1. The number of rotatable bonds is 6. The average molecular weight is 427 g/mol. The van der Waals surface area contributed by atoms with Gasteiger partial charge in [0.1, 0.15) is 5.75 Å². The second kappa shape index (κ2) is 10.7. The molecule has 0 spiro atoms. The van der Waals surface area contributed by atoms with Gasteiger partial charge in [-0.2, -0.15) is 0 Å². The number of hydrogen-bond donors (Lipinski definition) is 2. The number of hydrogen-bond acceptors (Lipinski definition) is 3. The second-order valence-corrected chi connectivity index (χ2v) is 16.7. The van der Waals surface area contributed by atoms with Crippen LogP contribution in [0.3, 0.4) is 0 Å². The molecule has 0 aliphatic rings. The Morgan fingerprint density at radius 1 is 0.929 bits per heavy atom. The van der Waals surface area contributed by atoms with Gasteiger partial charge < -0.3 is 10.2 Å². The van der Waals surface area contributed by atoms with Gasteiger partial charge in [-0.1, -0.05) is 80.4 Å². The molecule has 0 amide bonds. The van der Waals surface area contributed by atoms with E-state index in [1.807, 2.05) is 17.8 Å². The zero-order valence-electron chi connectivity index (χ0n) is 19.7. The highest BCUT2D eigenvalue weighted by atomic mass is 32.2. The normalized spacial score (nSPS) is 12.4. The van der Waals surface area contributed by atoms with Crippen molar-refractivity contribution in [3.63, 3.8) is 0 Å². The summed E-state index contributed by atoms with van der Waals surface area (Å²) < 4.78 is 0. The van der Waals surface area contributed by atoms with Crippen molar-refractivity contribution in [2.75, 3.05) is 5.38 Å². The summed E-state index contributed by atoms with van der Waals surface area (Å²) in [5.74, 6) is -0.387. The Hall–Kier alpha value is -0.943. The summed E-state index contributed by atoms with van der Waals surface area (Å²) >= 11 is 2.04. The molecule has 162 valence electrons. The Morgan fingerprint density at radius 2 is 1.32 bits per heavy atom. The Labute approximate surface area is 178 Å². The summed E-state index contributed by atoms with van der Waals surface area (Å²) in [6.07, 6.45) is 0. The molecule has 1 aromatic carbocycles. The van der Waals surface area contributed by atoms with Gasteiger partial charge in [0, 0.05) is 17.4 Å². The molecular weight excluding hydrogens is 384 g/mol. The van der Waals surface area contributed by atoms with E-state index in [-0.39, 0.29) is 10.8 Å². The van der Waals surface area contributed by atoms with Crippen molar-refractivity contribution >= 4 is 25.8 Å².